The van der Waals surface area contributed by atoms with Crippen LogP contribution >= 0.6 is 0 Å². The number of amides is 1. The lowest BCUT2D eigenvalue weighted by Gasteiger charge is -2.16. The highest BCUT2D eigenvalue weighted by Crippen LogP contribution is 2.28. The van der Waals surface area contributed by atoms with Gasteiger partial charge in [-0.1, -0.05) is 12.1 Å². The molecule has 150 valence electrons. The highest BCUT2D eigenvalue weighted by molar-refractivity contribution is 5.93. The van der Waals surface area contributed by atoms with Gasteiger partial charge in [0.2, 0.25) is 0 Å². The van der Waals surface area contributed by atoms with Crippen LogP contribution in [0.4, 0.5) is 0 Å². The van der Waals surface area contributed by atoms with Gasteiger partial charge in [0.1, 0.15) is 17.5 Å². The normalized spacial score (nSPS) is 16.1. The summed E-state index contributed by atoms with van der Waals surface area (Å²) in [6.07, 6.45) is 0.604. The molecule has 1 aromatic carbocycles. The van der Waals surface area contributed by atoms with Crippen molar-refractivity contribution >= 4 is 5.91 Å². The lowest BCUT2D eigenvalue weighted by Crippen LogP contribution is -2.31. The number of nitrogens with one attached hydrogen (secondary N) is 1. The van der Waals surface area contributed by atoms with E-state index in [0.29, 0.717) is 36.2 Å². The summed E-state index contributed by atoms with van der Waals surface area (Å²) < 4.78 is 11.3. The van der Waals surface area contributed by atoms with E-state index in [-0.39, 0.29) is 12.0 Å². The van der Waals surface area contributed by atoms with E-state index in [2.05, 4.69) is 20.2 Å². The van der Waals surface area contributed by atoms with Crippen LogP contribution in [-0.4, -0.2) is 57.3 Å². The molecule has 4 rings (SSSR count). The Labute approximate surface area is 168 Å². The Hall–Kier alpha value is -3.42. The maximum Gasteiger partial charge on any atom is 0.317 e. The zero-order valence-corrected chi connectivity index (χ0v) is 16.7. The summed E-state index contributed by atoms with van der Waals surface area (Å²) in [4.78, 5) is 23.3. The molecular weight excluding hydrogens is 370 g/mol. The smallest absolute Gasteiger partial charge is 0.317 e. The van der Waals surface area contributed by atoms with Crippen molar-refractivity contribution in [3.63, 3.8) is 0 Å². The lowest BCUT2D eigenvalue weighted by molar-refractivity contribution is 0.0763. The third-order valence-electron chi connectivity index (χ3n) is 4.86. The van der Waals surface area contributed by atoms with E-state index in [1.165, 1.54) is 0 Å². The maximum atomic E-state index is 12.9. The second-order valence-corrected chi connectivity index (χ2v) is 7.08. The monoisotopic (exact) mass is 393 g/mol. The van der Waals surface area contributed by atoms with Crippen molar-refractivity contribution in [2.45, 2.75) is 26.4 Å². The van der Waals surface area contributed by atoms with Crippen LogP contribution in [0.25, 0.3) is 11.3 Å². The van der Waals surface area contributed by atoms with Crippen molar-refractivity contribution in [2.24, 2.45) is 0 Å². The van der Waals surface area contributed by atoms with E-state index >= 15 is 0 Å². The highest BCUT2D eigenvalue weighted by Gasteiger charge is 2.30. The number of para-hydroxylation sites is 1. The standard InChI is InChI=1S/C21H23N5O3/c1-13-10-14(2)23-21(22-13)29-15-8-9-26(12-15)20(27)18-11-17(24-25-18)16-6-4-5-7-19(16)28-3/h4-7,10-11,15H,8-9,12H2,1-3H3,(H,24,25). The molecule has 0 aliphatic carbocycles. The second kappa shape index (κ2) is 7.90. The first-order chi connectivity index (χ1) is 14.0. The number of carbonyl (C=O) groups excluding carboxylic acids is 1. The number of hydrogen-bond acceptors (Lipinski definition) is 6. The number of aryl methyl sites for hydroxylation is 2. The van der Waals surface area contributed by atoms with Crippen molar-refractivity contribution in [3.8, 4) is 23.0 Å². The van der Waals surface area contributed by atoms with Crippen molar-refractivity contribution in [3.05, 3.63) is 53.5 Å². The Bertz CT molecular complexity index is 1010. The van der Waals surface area contributed by atoms with E-state index in [1.807, 2.05) is 44.2 Å². The minimum absolute atomic E-state index is 0.105. The Balaban J connectivity index is 1.44. The Morgan fingerprint density at radius 1 is 1.17 bits per heavy atom. The predicted molar refractivity (Wildman–Crippen MR) is 107 cm³/mol. The number of aromatic nitrogens is 4. The number of benzene rings is 1. The molecule has 8 nitrogen and oxygen atoms in total. The fourth-order valence-corrected chi connectivity index (χ4v) is 3.50. The van der Waals surface area contributed by atoms with Crippen molar-refractivity contribution in [2.75, 3.05) is 20.2 Å². The summed E-state index contributed by atoms with van der Waals surface area (Å²) in [5, 5.41) is 7.14. The van der Waals surface area contributed by atoms with E-state index < -0.39 is 0 Å². The quantitative estimate of drug-likeness (QED) is 0.716. The van der Waals surface area contributed by atoms with Gasteiger partial charge in [0, 0.05) is 29.9 Å². The summed E-state index contributed by atoms with van der Waals surface area (Å²) in [5.41, 5.74) is 3.66. The molecule has 1 aliphatic heterocycles. The number of H-pyrrole nitrogens is 1. The zero-order valence-electron chi connectivity index (χ0n) is 16.7. The minimum atomic E-state index is -0.128. The number of ether oxygens (including phenoxy) is 2. The number of likely N-dealkylation sites (tertiary alicyclic amines) is 1. The number of carbonyl (C=O) groups is 1. The molecule has 1 saturated heterocycles. The molecule has 1 fully saturated rings. The number of nitrogens with zero attached hydrogens (tertiary/aromatic N) is 4. The van der Waals surface area contributed by atoms with Gasteiger partial charge in [-0.15, -0.1) is 0 Å². The van der Waals surface area contributed by atoms with Crippen molar-refractivity contribution in [1.29, 1.82) is 0 Å². The SMILES string of the molecule is COc1ccccc1-c1cc(C(=O)N2CCC(Oc3nc(C)cc(C)n3)C2)[nH]n1. The average molecular weight is 393 g/mol. The van der Waals surface area contributed by atoms with Crippen LogP contribution in [0.15, 0.2) is 36.4 Å². The van der Waals surface area contributed by atoms with E-state index in [0.717, 1.165) is 23.4 Å². The van der Waals surface area contributed by atoms with Gasteiger partial charge in [-0.3, -0.25) is 9.89 Å². The largest absolute Gasteiger partial charge is 0.496 e. The molecule has 1 N–H and O–H groups in total. The Morgan fingerprint density at radius 2 is 1.93 bits per heavy atom. The molecule has 0 spiro atoms. The number of aromatic amines is 1. The van der Waals surface area contributed by atoms with Crippen LogP contribution in [0.5, 0.6) is 11.8 Å². The Kier molecular flexibility index (Phi) is 5.16. The lowest BCUT2D eigenvalue weighted by atomic mass is 10.1. The fourth-order valence-electron chi connectivity index (χ4n) is 3.50. The summed E-state index contributed by atoms with van der Waals surface area (Å²) in [6, 6.07) is 11.6. The molecule has 29 heavy (non-hydrogen) atoms. The zero-order chi connectivity index (χ0) is 20.4. The van der Waals surface area contributed by atoms with Crippen LogP contribution in [0.2, 0.25) is 0 Å². The summed E-state index contributed by atoms with van der Waals surface area (Å²) >= 11 is 0. The molecule has 3 heterocycles. The molecule has 0 bridgehead atoms. The Morgan fingerprint density at radius 3 is 2.69 bits per heavy atom. The number of rotatable bonds is 5. The summed E-state index contributed by atoms with van der Waals surface area (Å²) in [7, 11) is 1.61. The number of methoxy groups -OCH3 is 1. The third-order valence-corrected chi connectivity index (χ3v) is 4.86. The van der Waals surface area contributed by atoms with Gasteiger partial charge >= 0.3 is 6.01 Å². The first kappa shape index (κ1) is 18.9. The molecule has 1 atom stereocenters. The van der Waals surface area contributed by atoms with Gasteiger partial charge < -0.3 is 14.4 Å². The van der Waals surface area contributed by atoms with Crippen LogP contribution < -0.4 is 9.47 Å². The summed E-state index contributed by atoms with van der Waals surface area (Å²) in [5.74, 6) is 0.604. The third kappa shape index (κ3) is 4.06. The van der Waals surface area contributed by atoms with E-state index in [9.17, 15) is 4.79 Å². The molecule has 0 saturated carbocycles. The first-order valence-corrected chi connectivity index (χ1v) is 9.50. The van der Waals surface area contributed by atoms with Crippen LogP contribution in [0.1, 0.15) is 28.3 Å². The van der Waals surface area contributed by atoms with E-state index in [4.69, 9.17) is 9.47 Å². The number of hydrogen-bond donors (Lipinski definition) is 1. The average Bonchev–Trinajstić information content (AvgIpc) is 3.36. The molecule has 1 unspecified atom stereocenters. The van der Waals surface area contributed by atoms with Gasteiger partial charge in [0.05, 0.1) is 19.3 Å². The van der Waals surface area contributed by atoms with Crippen LogP contribution in [0, 0.1) is 13.8 Å². The van der Waals surface area contributed by atoms with Gasteiger partial charge in [-0.25, -0.2) is 9.97 Å². The molecule has 0 radical (unpaired) electrons. The predicted octanol–water partition coefficient (Wildman–Crippen LogP) is 2.79. The molecule has 1 aliphatic rings. The molecular formula is C21H23N5O3. The maximum absolute atomic E-state index is 12.9. The second-order valence-electron chi connectivity index (χ2n) is 7.08. The van der Waals surface area contributed by atoms with Gasteiger partial charge in [-0.2, -0.15) is 5.10 Å². The van der Waals surface area contributed by atoms with Crippen molar-refractivity contribution in [1.82, 2.24) is 25.1 Å². The topological polar surface area (TPSA) is 93.2 Å². The van der Waals surface area contributed by atoms with Gasteiger partial charge in [-0.05, 0) is 38.1 Å². The van der Waals surface area contributed by atoms with Gasteiger partial charge in [0.25, 0.3) is 5.91 Å². The minimum Gasteiger partial charge on any atom is -0.496 e. The fraction of sp³-hybridized carbons (Fsp3) is 0.333. The van der Waals surface area contributed by atoms with Crippen LogP contribution in [0.3, 0.4) is 0 Å². The summed E-state index contributed by atoms with van der Waals surface area (Å²) in [6.45, 7) is 4.91. The molecule has 2 aromatic heterocycles. The van der Waals surface area contributed by atoms with Crippen LogP contribution in [-0.2, 0) is 0 Å². The molecule has 3 aromatic rings. The molecule has 8 heteroatoms. The highest BCUT2D eigenvalue weighted by atomic mass is 16.5. The van der Waals surface area contributed by atoms with E-state index in [1.54, 1.807) is 18.1 Å². The van der Waals surface area contributed by atoms with Crippen molar-refractivity contribution < 1.29 is 14.3 Å². The molecule has 1 amide bonds. The first-order valence-electron chi connectivity index (χ1n) is 9.50. The van der Waals surface area contributed by atoms with Gasteiger partial charge in [0.15, 0.2) is 0 Å².